The van der Waals surface area contributed by atoms with Crippen LogP contribution in [0.5, 0.6) is 0 Å². The van der Waals surface area contributed by atoms with E-state index in [2.05, 4.69) is 24.3 Å². The number of halogens is 1. The topological polar surface area (TPSA) is 33.1 Å². The Morgan fingerprint density at radius 3 is 2.46 bits per heavy atom. The summed E-state index contributed by atoms with van der Waals surface area (Å²) in [7, 11) is 4.16. The molecule has 0 radical (unpaired) electrons. The average Bonchev–Trinajstić information content (AvgIpc) is 3.07. The van der Waals surface area contributed by atoms with Crippen molar-refractivity contribution >= 4 is 0 Å². The van der Waals surface area contributed by atoms with Crippen LogP contribution in [0.4, 0.5) is 4.39 Å². The van der Waals surface area contributed by atoms with Gasteiger partial charge in [-0.2, -0.15) is 5.10 Å². The summed E-state index contributed by atoms with van der Waals surface area (Å²) >= 11 is 0. The van der Waals surface area contributed by atoms with Crippen molar-refractivity contribution in [2.24, 2.45) is 0 Å². The molecular formula is C21H25FN4. The number of para-hydroxylation sites is 1. The van der Waals surface area contributed by atoms with Gasteiger partial charge in [-0.25, -0.2) is 9.07 Å². The maximum Gasteiger partial charge on any atom is 0.123 e. The van der Waals surface area contributed by atoms with Crippen LogP contribution < -0.4 is 5.32 Å². The van der Waals surface area contributed by atoms with Crippen molar-refractivity contribution < 1.29 is 4.39 Å². The minimum absolute atomic E-state index is 0.236. The molecule has 0 bridgehead atoms. The molecule has 0 fully saturated rings. The van der Waals surface area contributed by atoms with E-state index in [9.17, 15) is 4.39 Å². The van der Waals surface area contributed by atoms with Gasteiger partial charge in [0.25, 0.3) is 0 Å². The van der Waals surface area contributed by atoms with E-state index in [0.717, 1.165) is 48.6 Å². The maximum atomic E-state index is 13.3. The number of nitrogens with zero attached hydrogens (tertiary/aromatic N) is 3. The molecule has 0 amide bonds. The minimum atomic E-state index is -0.236. The number of nitrogens with one attached hydrogen (secondary N) is 1. The standard InChI is InChI=1S/C21H25FN4/c1-25(2)14-6-13-23-15-18-16-26(20-7-4-3-5-8-20)24-21(18)17-9-11-19(22)12-10-17/h3-5,7-12,16,23H,6,13-15H2,1-2H3. The first-order chi connectivity index (χ1) is 12.6. The van der Waals surface area contributed by atoms with E-state index in [1.165, 1.54) is 12.1 Å². The molecule has 4 nitrogen and oxygen atoms in total. The summed E-state index contributed by atoms with van der Waals surface area (Å²) in [6.45, 7) is 2.73. The van der Waals surface area contributed by atoms with Crippen molar-refractivity contribution in [2.75, 3.05) is 27.2 Å². The molecule has 2 aromatic carbocycles. The van der Waals surface area contributed by atoms with Crippen molar-refractivity contribution in [3.63, 3.8) is 0 Å². The van der Waals surface area contributed by atoms with E-state index >= 15 is 0 Å². The molecule has 0 saturated carbocycles. The van der Waals surface area contributed by atoms with E-state index in [0.29, 0.717) is 0 Å². The van der Waals surface area contributed by atoms with Gasteiger partial charge in [0.1, 0.15) is 5.82 Å². The SMILES string of the molecule is CN(C)CCCNCc1cn(-c2ccccc2)nc1-c1ccc(F)cc1. The number of benzene rings is 2. The van der Waals surface area contributed by atoms with Gasteiger partial charge in [0.05, 0.1) is 11.4 Å². The van der Waals surface area contributed by atoms with Gasteiger partial charge in [0, 0.05) is 23.9 Å². The fourth-order valence-corrected chi connectivity index (χ4v) is 2.85. The van der Waals surface area contributed by atoms with Crippen LogP contribution in [0, 0.1) is 5.82 Å². The molecule has 3 rings (SSSR count). The summed E-state index contributed by atoms with van der Waals surface area (Å²) in [6.07, 6.45) is 3.14. The summed E-state index contributed by atoms with van der Waals surface area (Å²) in [5, 5.41) is 8.24. The summed E-state index contributed by atoms with van der Waals surface area (Å²) in [4.78, 5) is 2.18. The van der Waals surface area contributed by atoms with E-state index < -0.39 is 0 Å². The van der Waals surface area contributed by atoms with Crippen molar-refractivity contribution in [1.82, 2.24) is 20.0 Å². The molecule has 0 aliphatic rings. The fraction of sp³-hybridized carbons (Fsp3) is 0.286. The van der Waals surface area contributed by atoms with Crippen LogP contribution in [0.15, 0.2) is 60.8 Å². The van der Waals surface area contributed by atoms with Crippen molar-refractivity contribution in [3.05, 3.63) is 72.2 Å². The highest BCUT2D eigenvalue weighted by atomic mass is 19.1. The van der Waals surface area contributed by atoms with Gasteiger partial charge in [-0.15, -0.1) is 0 Å². The summed E-state index contributed by atoms with van der Waals surface area (Å²) in [5.74, 6) is -0.236. The van der Waals surface area contributed by atoms with Crippen LogP contribution in [0.2, 0.25) is 0 Å². The molecule has 26 heavy (non-hydrogen) atoms. The Hall–Kier alpha value is -2.50. The molecule has 1 aromatic heterocycles. The summed E-state index contributed by atoms with van der Waals surface area (Å²) in [6, 6.07) is 16.5. The Morgan fingerprint density at radius 2 is 1.77 bits per heavy atom. The van der Waals surface area contributed by atoms with E-state index in [1.54, 1.807) is 12.1 Å². The fourth-order valence-electron chi connectivity index (χ4n) is 2.85. The van der Waals surface area contributed by atoms with Crippen molar-refractivity contribution in [3.8, 4) is 16.9 Å². The first-order valence-electron chi connectivity index (χ1n) is 8.89. The van der Waals surface area contributed by atoms with Gasteiger partial charge >= 0.3 is 0 Å². The van der Waals surface area contributed by atoms with Crippen LogP contribution in [-0.2, 0) is 6.54 Å². The van der Waals surface area contributed by atoms with Crippen molar-refractivity contribution in [2.45, 2.75) is 13.0 Å². The lowest BCUT2D eigenvalue weighted by Gasteiger charge is -2.09. The first-order valence-corrected chi connectivity index (χ1v) is 8.89. The van der Waals surface area contributed by atoms with Gasteiger partial charge in [0.15, 0.2) is 0 Å². The molecule has 0 spiro atoms. The summed E-state index contributed by atoms with van der Waals surface area (Å²) in [5.41, 5.74) is 3.92. The predicted molar refractivity (Wildman–Crippen MR) is 104 cm³/mol. The van der Waals surface area contributed by atoms with Gasteiger partial charge in [-0.3, -0.25) is 0 Å². The Bertz CT molecular complexity index is 810. The van der Waals surface area contributed by atoms with E-state index in [1.807, 2.05) is 41.2 Å². The highest BCUT2D eigenvalue weighted by Gasteiger charge is 2.12. The molecule has 0 aliphatic heterocycles. The van der Waals surface area contributed by atoms with Gasteiger partial charge in [-0.1, -0.05) is 18.2 Å². The minimum Gasteiger partial charge on any atom is -0.312 e. The number of hydrogen-bond donors (Lipinski definition) is 1. The Kier molecular flexibility index (Phi) is 6.15. The number of hydrogen-bond acceptors (Lipinski definition) is 3. The van der Waals surface area contributed by atoms with Crippen LogP contribution in [0.3, 0.4) is 0 Å². The normalized spacial score (nSPS) is 11.2. The summed E-state index contributed by atoms with van der Waals surface area (Å²) < 4.78 is 15.2. The van der Waals surface area contributed by atoms with Crippen LogP contribution in [0.1, 0.15) is 12.0 Å². The molecule has 1 heterocycles. The zero-order valence-corrected chi connectivity index (χ0v) is 15.3. The second-order valence-corrected chi connectivity index (χ2v) is 6.62. The van der Waals surface area contributed by atoms with Crippen molar-refractivity contribution in [1.29, 1.82) is 0 Å². The Balaban J connectivity index is 1.81. The largest absolute Gasteiger partial charge is 0.312 e. The van der Waals surface area contributed by atoms with E-state index in [-0.39, 0.29) is 5.82 Å². The zero-order valence-electron chi connectivity index (χ0n) is 15.3. The number of rotatable bonds is 8. The third-order valence-corrected chi connectivity index (χ3v) is 4.20. The molecule has 0 unspecified atom stereocenters. The Labute approximate surface area is 154 Å². The molecule has 136 valence electrons. The number of aromatic nitrogens is 2. The first kappa shape index (κ1) is 18.3. The van der Waals surface area contributed by atoms with Gasteiger partial charge < -0.3 is 10.2 Å². The highest BCUT2D eigenvalue weighted by Crippen LogP contribution is 2.24. The monoisotopic (exact) mass is 352 g/mol. The smallest absolute Gasteiger partial charge is 0.123 e. The molecular weight excluding hydrogens is 327 g/mol. The molecule has 0 atom stereocenters. The average molecular weight is 352 g/mol. The predicted octanol–water partition coefficient (Wildman–Crippen LogP) is 3.72. The molecule has 3 aromatic rings. The Morgan fingerprint density at radius 1 is 1.04 bits per heavy atom. The third-order valence-electron chi connectivity index (χ3n) is 4.20. The zero-order chi connectivity index (χ0) is 18.4. The quantitative estimate of drug-likeness (QED) is 0.627. The molecule has 1 N–H and O–H groups in total. The van der Waals surface area contributed by atoms with Crippen LogP contribution in [-0.4, -0.2) is 41.9 Å². The molecule has 0 saturated heterocycles. The van der Waals surface area contributed by atoms with Gasteiger partial charge in [0.2, 0.25) is 0 Å². The lowest BCUT2D eigenvalue weighted by Crippen LogP contribution is -2.21. The van der Waals surface area contributed by atoms with Crippen LogP contribution in [0.25, 0.3) is 16.9 Å². The lowest BCUT2D eigenvalue weighted by atomic mass is 10.1. The third kappa shape index (κ3) is 4.77. The second-order valence-electron chi connectivity index (χ2n) is 6.62. The lowest BCUT2D eigenvalue weighted by molar-refractivity contribution is 0.394. The molecule has 0 aliphatic carbocycles. The maximum absolute atomic E-state index is 13.3. The second kappa shape index (κ2) is 8.74. The molecule has 5 heteroatoms. The van der Waals surface area contributed by atoms with Gasteiger partial charge in [-0.05, 0) is 70.0 Å². The van der Waals surface area contributed by atoms with E-state index in [4.69, 9.17) is 5.10 Å². The highest BCUT2D eigenvalue weighted by molar-refractivity contribution is 5.63. The van der Waals surface area contributed by atoms with Crippen LogP contribution >= 0.6 is 0 Å².